The Morgan fingerprint density at radius 2 is 0.655 bits per heavy atom. The van der Waals surface area contributed by atoms with Crippen LogP contribution in [0.5, 0.6) is 0 Å². The summed E-state index contributed by atoms with van der Waals surface area (Å²) in [4.78, 5) is 0. The van der Waals surface area contributed by atoms with Crippen molar-refractivity contribution in [1.29, 1.82) is 0 Å². The van der Waals surface area contributed by atoms with Crippen LogP contribution >= 0.6 is 0 Å². The number of fused-ring (bicyclic) bond motifs is 9. The maximum Gasteiger partial charge on any atom is 0.136 e. The lowest BCUT2D eigenvalue weighted by atomic mass is 9.80. The van der Waals surface area contributed by atoms with Crippen molar-refractivity contribution in [3.8, 4) is 33.4 Å². The smallest absolute Gasteiger partial charge is 0.136 e. The van der Waals surface area contributed by atoms with Gasteiger partial charge in [0.2, 0.25) is 0 Å². The van der Waals surface area contributed by atoms with Gasteiger partial charge in [0, 0.05) is 10.8 Å². The standard InChI is InChI=1S/C54H32O/c1-2-16-35-32-50-48(30-34(35)15-1)47-31-36(28-29-49(47)55-50)51-39-19-5-9-23-43(39)53(44-24-10-6-20-40(44)51)54-45-25-11-7-21-41(45)52(42-22-8-12-26-46(42)54)38-27-13-17-33-14-3-4-18-37(33)38/h1-32H. The Kier molecular flexibility index (Phi) is 6.40. The predicted molar refractivity (Wildman–Crippen MR) is 235 cm³/mol. The lowest BCUT2D eigenvalue weighted by molar-refractivity contribution is 0.669. The van der Waals surface area contributed by atoms with Crippen molar-refractivity contribution in [1.82, 2.24) is 0 Å². The molecule has 0 amide bonds. The lowest BCUT2D eigenvalue weighted by Crippen LogP contribution is -1.95. The van der Waals surface area contributed by atoms with Crippen LogP contribution in [0.15, 0.2) is 199 Å². The van der Waals surface area contributed by atoms with E-state index < -0.39 is 0 Å². The highest BCUT2D eigenvalue weighted by Gasteiger charge is 2.23. The van der Waals surface area contributed by atoms with E-state index in [1.165, 1.54) is 98.0 Å². The van der Waals surface area contributed by atoms with E-state index in [4.69, 9.17) is 4.42 Å². The first kappa shape index (κ1) is 30.3. The van der Waals surface area contributed by atoms with Gasteiger partial charge in [-0.3, -0.25) is 0 Å². The first-order chi connectivity index (χ1) is 27.3. The van der Waals surface area contributed by atoms with Crippen molar-refractivity contribution in [2.24, 2.45) is 0 Å². The molecule has 1 heterocycles. The van der Waals surface area contributed by atoms with Gasteiger partial charge in [-0.2, -0.15) is 0 Å². The molecule has 0 aliphatic heterocycles. The number of rotatable bonds is 3. The molecular weight excluding hydrogens is 665 g/mol. The van der Waals surface area contributed by atoms with Crippen LogP contribution in [0.2, 0.25) is 0 Å². The highest BCUT2D eigenvalue weighted by molar-refractivity contribution is 6.31. The normalized spacial score (nSPS) is 12.0. The number of furan rings is 1. The summed E-state index contributed by atoms with van der Waals surface area (Å²) in [6, 6.07) is 71.2. The summed E-state index contributed by atoms with van der Waals surface area (Å²) in [5.74, 6) is 0. The first-order valence-corrected chi connectivity index (χ1v) is 19.0. The fourth-order valence-electron chi connectivity index (χ4n) is 9.46. The van der Waals surface area contributed by atoms with Gasteiger partial charge in [0.05, 0.1) is 0 Å². The molecule has 1 nitrogen and oxygen atoms in total. The van der Waals surface area contributed by atoms with Gasteiger partial charge in [0.25, 0.3) is 0 Å². The Morgan fingerprint density at radius 1 is 0.236 bits per heavy atom. The zero-order valence-electron chi connectivity index (χ0n) is 29.9. The number of hydrogen-bond acceptors (Lipinski definition) is 1. The average molecular weight is 697 g/mol. The molecule has 0 aliphatic rings. The second-order valence-corrected chi connectivity index (χ2v) is 14.7. The van der Waals surface area contributed by atoms with Gasteiger partial charge < -0.3 is 4.42 Å². The van der Waals surface area contributed by atoms with Crippen molar-refractivity contribution in [2.45, 2.75) is 0 Å². The second-order valence-electron chi connectivity index (χ2n) is 14.7. The molecule has 0 unspecified atom stereocenters. The third-order valence-corrected chi connectivity index (χ3v) is 11.8. The van der Waals surface area contributed by atoms with Crippen molar-refractivity contribution >= 4 is 86.6 Å². The Balaban J connectivity index is 1.19. The van der Waals surface area contributed by atoms with Gasteiger partial charge in [-0.15, -0.1) is 0 Å². The average Bonchev–Trinajstić information content (AvgIpc) is 3.60. The van der Waals surface area contributed by atoms with Crippen LogP contribution in [0.3, 0.4) is 0 Å². The molecule has 0 radical (unpaired) electrons. The van der Waals surface area contributed by atoms with Crippen molar-refractivity contribution in [3.05, 3.63) is 194 Å². The summed E-state index contributed by atoms with van der Waals surface area (Å²) in [6.07, 6.45) is 0. The molecule has 1 heteroatoms. The summed E-state index contributed by atoms with van der Waals surface area (Å²) in [5, 5.41) is 17.2. The van der Waals surface area contributed by atoms with Gasteiger partial charge in [-0.1, -0.05) is 170 Å². The molecule has 11 aromatic carbocycles. The molecule has 0 atom stereocenters. The van der Waals surface area contributed by atoms with E-state index in [1.54, 1.807) is 0 Å². The third kappa shape index (κ3) is 4.41. The van der Waals surface area contributed by atoms with Crippen molar-refractivity contribution < 1.29 is 4.42 Å². The largest absolute Gasteiger partial charge is 0.456 e. The minimum Gasteiger partial charge on any atom is -0.456 e. The molecule has 0 N–H and O–H groups in total. The van der Waals surface area contributed by atoms with Crippen LogP contribution in [0.1, 0.15) is 0 Å². The van der Waals surface area contributed by atoms with Crippen molar-refractivity contribution in [3.63, 3.8) is 0 Å². The molecule has 12 aromatic rings. The number of hydrogen-bond donors (Lipinski definition) is 0. The Morgan fingerprint density at radius 3 is 1.22 bits per heavy atom. The lowest BCUT2D eigenvalue weighted by Gasteiger charge is -2.22. The third-order valence-electron chi connectivity index (χ3n) is 11.8. The van der Waals surface area contributed by atoms with E-state index in [1.807, 2.05) is 0 Å². The van der Waals surface area contributed by atoms with Crippen LogP contribution < -0.4 is 0 Å². The van der Waals surface area contributed by atoms with Crippen LogP contribution in [0.4, 0.5) is 0 Å². The monoisotopic (exact) mass is 696 g/mol. The van der Waals surface area contributed by atoms with Gasteiger partial charge in [-0.05, 0) is 122 Å². The molecule has 55 heavy (non-hydrogen) atoms. The van der Waals surface area contributed by atoms with E-state index in [-0.39, 0.29) is 0 Å². The van der Waals surface area contributed by atoms with Crippen molar-refractivity contribution in [2.75, 3.05) is 0 Å². The van der Waals surface area contributed by atoms with Crippen LogP contribution in [-0.2, 0) is 0 Å². The van der Waals surface area contributed by atoms with Gasteiger partial charge in [-0.25, -0.2) is 0 Å². The van der Waals surface area contributed by atoms with Gasteiger partial charge in [0.15, 0.2) is 0 Å². The Labute approximate surface area is 317 Å². The summed E-state index contributed by atoms with van der Waals surface area (Å²) in [5.41, 5.74) is 9.34. The molecule has 0 saturated carbocycles. The maximum atomic E-state index is 6.45. The maximum absolute atomic E-state index is 6.45. The van der Waals surface area contributed by atoms with E-state index in [9.17, 15) is 0 Å². The van der Waals surface area contributed by atoms with Crippen LogP contribution in [-0.4, -0.2) is 0 Å². The number of benzene rings is 11. The Hall–Kier alpha value is -7.22. The van der Waals surface area contributed by atoms with E-state index in [0.717, 1.165) is 21.9 Å². The van der Waals surface area contributed by atoms with E-state index in [0.29, 0.717) is 0 Å². The predicted octanol–water partition coefficient (Wildman–Crippen LogP) is 15.5. The molecule has 0 bridgehead atoms. The molecule has 0 fully saturated rings. The summed E-state index contributed by atoms with van der Waals surface area (Å²) in [6.45, 7) is 0. The summed E-state index contributed by atoms with van der Waals surface area (Å²) >= 11 is 0. The van der Waals surface area contributed by atoms with E-state index >= 15 is 0 Å². The summed E-state index contributed by atoms with van der Waals surface area (Å²) < 4.78 is 6.45. The quantitative estimate of drug-likeness (QED) is 0.168. The van der Waals surface area contributed by atoms with E-state index in [2.05, 4.69) is 194 Å². The van der Waals surface area contributed by atoms with Crippen LogP contribution in [0, 0.1) is 0 Å². The first-order valence-electron chi connectivity index (χ1n) is 19.0. The SMILES string of the molecule is c1ccc2cc3c(cc2c1)oc1ccc(-c2c4ccccc4c(-c4c5ccccc5c(-c5cccc6ccccc56)c5ccccc45)c4ccccc24)cc13. The minimum atomic E-state index is 0.906. The molecule has 1 aromatic heterocycles. The highest BCUT2D eigenvalue weighted by Crippen LogP contribution is 2.51. The molecule has 12 rings (SSSR count). The molecule has 0 spiro atoms. The fourth-order valence-corrected chi connectivity index (χ4v) is 9.46. The Bertz CT molecular complexity index is 3430. The summed E-state index contributed by atoms with van der Waals surface area (Å²) in [7, 11) is 0. The molecule has 0 aliphatic carbocycles. The zero-order chi connectivity index (χ0) is 36.0. The van der Waals surface area contributed by atoms with Gasteiger partial charge in [0.1, 0.15) is 11.2 Å². The minimum absolute atomic E-state index is 0.906. The van der Waals surface area contributed by atoms with Crippen LogP contribution in [0.25, 0.3) is 120 Å². The second kappa shape index (κ2) is 11.6. The fraction of sp³-hybridized carbons (Fsp3) is 0. The highest BCUT2D eigenvalue weighted by atomic mass is 16.3. The topological polar surface area (TPSA) is 13.1 Å². The van der Waals surface area contributed by atoms with Gasteiger partial charge >= 0.3 is 0 Å². The molecule has 0 saturated heterocycles. The molecular formula is C54H32O. The molecule has 254 valence electrons. The zero-order valence-corrected chi connectivity index (χ0v) is 29.9.